The number of benzene rings is 1. The molecule has 1 aromatic rings. The Balaban J connectivity index is 2.80. The highest BCUT2D eigenvalue weighted by Gasteiger charge is 2.08. The zero-order valence-electron chi connectivity index (χ0n) is 10.8. The highest BCUT2D eigenvalue weighted by molar-refractivity contribution is 8.13. The molecule has 0 aromatic heterocycles. The van der Waals surface area contributed by atoms with Crippen LogP contribution in [0.15, 0.2) is 18.2 Å². The van der Waals surface area contributed by atoms with Crippen molar-refractivity contribution in [1.82, 2.24) is 0 Å². The Morgan fingerprint density at radius 3 is 2.89 bits per heavy atom. The van der Waals surface area contributed by atoms with E-state index >= 15 is 0 Å². The average Bonchev–Trinajstić information content (AvgIpc) is 2.39. The zero-order valence-corrected chi connectivity index (χ0v) is 11.7. The fourth-order valence-electron chi connectivity index (χ4n) is 1.46. The molecule has 1 aromatic carbocycles. The third-order valence-corrected chi connectivity index (χ3v) is 3.19. The summed E-state index contributed by atoms with van der Waals surface area (Å²) in [6.07, 6.45) is 4.29. The minimum atomic E-state index is 0.0111. The predicted octanol–water partition coefficient (Wildman–Crippen LogP) is 2.96. The number of ether oxygens (including phenoxy) is 1. The number of allylic oxidation sites excluding steroid dienone is 1. The highest BCUT2D eigenvalue weighted by Crippen LogP contribution is 2.32. The van der Waals surface area contributed by atoms with Crippen molar-refractivity contribution in [3.63, 3.8) is 0 Å². The summed E-state index contributed by atoms with van der Waals surface area (Å²) in [5.41, 5.74) is 0.955. The lowest BCUT2D eigenvalue weighted by molar-refractivity contribution is -0.109. The molecule has 0 radical (unpaired) electrons. The smallest absolute Gasteiger partial charge is 0.185 e. The molecule has 0 aliphatic carbocycles. The second-order valence-corrected chi connectivity index (χ2v) is 5.03. The van der Waals surface area contributed by atoms with Gasteiger partial charge in [0.25, 0.3) is 0 Å². The molecule has 0 saturated heterocycles. The monoisotopic (exact) mass is 277 g/mol. The standard InChI is InChI=1S/C14H15NO3S/c1-10(16)19-6-4-3-5-12-7-11(9-15)8-13(18-2)14(12)17/h3,5,7-8,17H,4,6H2,1-2H3. The van der Waals surface area contributed by atoms with Gasteiger partial charge >= 0.3 is 0 Å². The first-order chi connectivity index (χ1) is 9.08. The summed E-state index contributed by atoms with van der Waals surface area (Å²) in [5, 5.41) is 18.9. The molecular weight excluding hydrogens is 262 g/mol. The van der Waals surface area contributed by atoms with E-state index < -0.39 is 0 Å². The summed E-state index contributed by atoms with van der Waals surface area (Å²) >= 11 is 1.26. The van der Waals surface area contributed by atoms with Gasteiger partial charge in [-0.05, 0) is 12.5 Å². The van der Waals surface area contributed by atoms with Crippen molar-refractivity contribution in [1.29, 1.82) is 5.26 Å². The molecule has 0 saturated carbocycles. The van der Waals surface area contributed by atoms with E-state index in [0.29, 0.717) is 23.3 Å². The van der Waals surface area contributed by atoms with E-state index in [1.54, 1.807) is 12.1 Å². The van der Waals surface area contributed by atoms with E-state index in [1.165, 1.54) is 31.9 Å². The van der Waals surface area contributed by atoms with Gasteiger partial charge in [-0.2, -0.15) is 5.26 Å². The molecule has 0 unspecified atom stereocenters. The van der Waals surface area contributed by atoms with Crippen LogP contribution in [0.3, 0.4) is 0 Å². The van der Waals surface area contributed by atoms with Gasteiger partial charge in [0.1, 0.15) is 0 Å². The van der Waals surface area contributed by atoms with Crippen LogP contribution in [0.5, 0.6) is 11.5 Å². The summed E-state index contributed by atoms with van der Waals surface area (Å²) in [5.74, 6) is 0.982. The van der Waals surface area contributed by atoms with E-state index in [9.17, 15) is 9.90 Å². The summed E-state index contributed by atoms with van der Waals surface area (Å²) < 4.78 is 5.00. The first-order valence-electron chi connectivity index (χ1n) is 5.69. The number of thioether (sulfide) groups is 1. The number of hydrogen-bond donors (Lipinski definition) is 1. The fraction of sp³-hybridized carbons (Fsp3) is 0.286. The lowest BCUT2D eigenvalue weighted by Crippen LogP contribution is -1.88. The maximum atomic E-state index is 10.7. The van der Waals surface area contributed by atoms with E-state index in [1.807, 2.05) is 12.1 Å². The largest absolute Gasteiger partial charge is 0.504 e. The SMILES string of the molecule is COc1cc(C#N)cc(C=CCCSC(C)=O)c1O. The molecule has 0 atom stereocenters. The Morgan fingerprint density at radius 1 is 1.58 bits per heavy atom. The summed E-state index contributed by atoms with van der Waals surface area (Å²) in [6.45, 7) is 1.53. The number of hydrogen-bond acceptors (Lipinski definition) is 5. The normalized spacial score (nSPS) is 10.4. The van der Waals surface area contributed by atoms with Gasteiger partial charge in [0.2, 0.25) is 0 Å². The zero-order chi connectivity index (χ0) is 14.3. The van der Waals surface area contributed by atoms with Crippen molar-refractivity contribution in [2.24, 2.45) is 0 Å². The maximum absolute atomic E-state index is 10.7. The van der Waals surface area contributed by atoms with E-state index in [2.05, 4.69) is 0 Å². The van der Waals surface area contributed by atoms with Crippen LogP contribution in [-0.4, -0.2) is 23.1 Å². The Bertz CT molecular complexity index is 532. The van der Waals surface area contributed by atoms with Gasteiger partial charge in [-0.3, -0.25) is 4.79 Å². The summed E-state index contributed by atoms with van der Waals surface area (Å²) in [7, 11) is 1.44. The molecule has 0 bridgehead atoms. The molecule has 0 fully saturated rings. The molecule has 0 heterocycles. The lowest BCUT2D eigenvalue weighted by Gasteiger charge is -2.06. The number of phenols is 1. The van der Waals surface area contributed by atoms with Crippen molar-refractivity contribution < 1.29 is 14.6 Å². The molecule has 0 amide bonds. The Kier molecular flexibility index (Phi) is 5.97. The molecule has 0 aliphatic heterocycles. The Hall–Kier alpha value is -1.93. The highest BCUT2D eigenvalue weighted by atomic mass is 32.2. The van der Waals surface area contributed by atoms with E-state index in [4.69, 9.17) is 10.00 Å². The third kappa shape index (κ3) is 4.68. The Morgan fingerprint density at radius 2 is 2.32 bits per heavy atom. The molecule has 0 aliphatic rings. The molecule has 1 rings (SSSR count). The van der Waals surface area contributed by atoms with Crippen LogP contribution < -0.4 is 4.74 Å². The third-order valence-electron chi connectivity index (χ3n) is 2.34. The molecule has 1 N–H and O–H groups in total. The van der Waals surface area contributed by atoms with Gasteiger partial charge in [-0.25, -0.2) is 0 Å². The number of methoxy groups -OCH3 is 1. The van der Waals surface area contributed by atoms with Crippen LogP contribution in [0.25, 0.3) is 6.08 Å². The van der Waals surface area contributed by atoms with Crippen molar-refractivity contribution in [2.75, 3.05) is 12.9 Å². The summed E-state index contributed by atoms with van der Waals surface area (Å²) in [4.78, 5) is 10.7. The summed E-state index contributed by atoms with van der Waals surface area (Å²) in [6, 6.07) is 5.09. The van der Waals surface area contributed by atoms with Crippen LogP contribution in [0.2, 0.25) is 0 Å². The first kappa shape index (κ1) is 15.1. The van der Waals surface area contributed by atoms with E-state index in [-0.39, 0.29) is 16.6 Å². The predicted molar refractivity (Wildman–Crippen MR) is 76.2 cm³/mol. The van der Waals surface area contributed by atoms with Gasteiger partial charge in [-0.1, -0.05) is 23.9 Å². The minimum absolute atomic E-state index is 0.0111. The number of nitrogens with zero attached hydrogens (tertiary/aromatic N) is 1. The number of carbonyl (C=O) groups is 1. The van der Waals surface area contributed by atoms with Crippen molar-refractivity contribution >= 4 is 23.0 Å². The Labute approximate surface area is 116 Å². The van der Waals surface area contributed by atoms with Crippen LogP contribution >= 0.6 is 11.8 Å². The topological polar surface area (TPSA) is 70.3 Å². The van der Waals surface area contributed by atoms with Crippen LogP contribution in [0.1, 0.15) is 24.5 Å². The van der Waals surface area contributed by atoms with Crippen molar-refractivity contribution in [3.8, 4) is 17.6 Å². The van der Waals surface area contributed by atoms with Crippen LogP contribution in [-0.2, 0) is 4.79 Å². The molecule has 4 nitrogen and oxygen atoms in total. The minimum Gasteiger partial charge on any atom is -0.504 e. The maximum Gasteiger partial charge on any atom is 0.185 e. The van der Waals surface area contributed by atoms with Gasteiger partial charge in [0.05, 0.1) is 18.7 Å². The number of carbonyl (C=O) groups excluding carboxylic acids is 1. The fourth-order valence-corrected chi connectivity index (χ4v) is 2.00. The number of phenolic OH excluding ortho intramolecular Hbond substituents is 1. The van der Waals surface area contributed by atoms with E-state index in [0.717, 1.165) is 0 Å². The first-order valence-corrected chi connectivity index (χ1v) is 6.68. The quantitative estimate of drug-likeness (QED) is 0.838. The van der Waals surface area contributed by atoms with Gasteiger partial charge in [0, 0.05) is 24.3 Å². The van der Waals surface area contributed by atoms with Crippen LogP contribution in [0.4, 0.5) is 0 Å². The second kappa shape index (κ2) is 7.49. The van der Waals surface area contributed by atoms with Crippen molar-refractivity contribution in [3.05, 3.63) is 29.3 Å². The molecule has 5 heteroatoms. The van der Waals surface area contributed by atoms with Gasteiger partial charge in [-0.15, -0.1) is 0 Å². The molecule has 19 heavy (non-hydrogen) atoms. The average molecular weight is 277 g/mol. The lowest BCUT2D eigenvalue weighted by atomic mass is 10.1. The molecule has 100 valence electrons. The molecular formula is C14H15NO3S. The molecule has 0 spiro atoms. The van der Waals surface area contributed by atoms with Crippen molar-refractivity contribution in [2.45, 2.75) is 13.3 Å². The second-order valence-electron chi connectivity index (χ2n) is 3.76. The van der Waals surface area contributed by atoms with Crippen LogP contribution in [0, 0.1) is 11.3 Å². The number of aromatic hydroxyl groups is 1. The number of nitriles is 1. The number of rotatable bonds is 5. The van der Waals surface area contributed by atoms with Gasteiger partial charge < -0.3 is 9.84 Å². The van der Waals surface area contributed by atoms with Gasteiger partial charge in [0.15, 0.2) is 16.6 Å².